The lowest BCUT2D eigenvalue weighted by Crippen LogP contribution is -2.22. The predicted octanol–water partition coefficient (Wildman–Crippen LogP) is 2.89. The van der Waals surface area contributed by atoms with Crippen LogP contribution in [0.25, 0.3) is 6.08 Å². The number of hydrogen-bond acceptors (Lipinski definition) is 3. The third kappa shape index (κ3) is 4.07. The van der Waals surface area contributed by atoms with E-state index in [1.807, 2.05) is 18.5 Å². The zero-order chi connectivity index (χ0) is 17.0. The number of rotatable bonds is 5. The fraction of sp³-hybridized carbons (Fsp3) is 0.333. The van der Waals surface area contributed by atoms with E-state index in [9.17, 15) is 4.79 Å². The van der Waals surface area contributed by atoms with Crippen molar-refractivity contribution in [2.24, 2.45) is 0 Å². The Balaban J connectivity index is 2.20. The van der Waals surface area contributed by atoms with Crippen LogP contribution in [0.1, 0.15) is 28.1 Å². The van der Waals surface area contributed by atoms with Crippen LogP contribution in [0.2, 0.25) is 0 Å². The van der Waals surface area contributed by atoms with Crippen molar-refractivity contribution in [1.29, 1.82) is 0 Å². The lowest BCUT2D eigenvalue weighted by atomic mass is 10.1. The molecule has 0 saturated carbocycles. The summed E-state index contributed by atoms with van der Waals surface area (Å²) in [6, 6.07) is 8.42. The molecule has 0 aliphatic rings. The molecule has 1 aromatic heterocycles. The minimum absolute atomic E-state index is 0.211. The zero-order valence-corrected chi connectivity index (χ0v) is 14.3. The lowest BCUT2D eigenvalue weighted by Gasteiger charge is -2.10. The number of nitrogens with zero attached hydrogens (tertiary/aromatic N) is 3. The topological polar surface area (TPSA) is 47.4 Å². The van der Waals surface area contributed by atoms with Crippen LogP contribution in [-0.2, 0) is 16.2 Å². The summed E-state index contributed by atoms with van der Waals surface area (Å²) in [6.45, 7) is 6.75. The van der Waals surface area contributed by atoms with Crippen LogP contribution in [0.4, 0.5) is 0 Å². The fourth-order valence-corrected chi connectivity index (χ4v) is 2.32. The van der Waals surface area contributed by atoms with Crippen molar-refractivity contribution in [3.8, 4) is 0 Å². The molecule has 122 valence electrons. The van der Waals surface area contributed by atoms with Crippen molar-refractivity contribution in [2.45, 2.75) is 27.3 Å². The van der Waals surface area contributed by atoms with E-state index in [4.69, 9.17) is 4.84 Å². The number of carbonyl (C=O) groups excluding carboxylic acids is 1. The second-order valence-corrected chi connectivity index (χ2v) is 5.58. The maximum atomic E-state index is 11.8. The fourth-order valence-electron chi connectivity index (χ4n) is 2.32. The van der Waals surface area contributed by atoms with Gasteiger partial charge in [-0.15, -0.1) is 0 Å². The van der Waals surface area contributed by atoms with Crippen molar-refractivity contribution >= 4 is 12.0 Å². The Morgan fingerprint density at radius 3 is 2.52 bits per heavy atom. The zero-order valence-electron chi connectivity index (χ0n) is 14.3. The first kappa shape index (κ1) is 17.0. The van der Waals surface area contributed by atoms with Gasteiger partial charge in [-0.05, 0) is 32.4 Å². The average molecular weight is 313 g/mol. The van der Waals surface area contributed by atoms with E-state index < -0.39 is 0 Å². The Morgan fingerprint density at radius 1 is 1.26 bits per heavy atom. The summed E-state index contributed by atoms with van der Waals surface area (Å²) in [5.74, 6) is -0.211. The quantitative estimate of drug-likeness (QED) is 0.630. The van der Waals surface area contributed by atoms with Crippen LogP contribution in [-0.4, -0.2) is 34.9 Å². The SMILES string of the molecule is CON(C)C(=O)/C=C/c1c(C)nn(Cc2ccc(C)cc2)c1C. The summed E-state index contributed by atoms with van der Waals surface area (Å²) in [5, 5.41) is 5.76. The molecule has 0 bridgehead atoms. The van der Waals surface area contributed by atoms with Gasteiger partial charge in [0.15, 0.2) is 0 Å². The van der Waals surface area contributed by atoms with Gasteiger partial charge in [0.05, 0.1) is 19.3 Å². The summed E-state index contributed by atoms with van der Waals surface area (Å²) in [5.41, 5.74) is 5.35. The monoisotopic (exact) mass is 313 g/mol. The molecule has 0 aliphatic heterocycles. The molecule has 0 saturated heterocycles. The minimum atomic E-state index is -0.211. The van der Waals surface area contributed by atoms with E-state index in [-0.39, 0.29) is 5.91 Å². The summed E-state index contributed by atoms with van der Waals surface area (Å²) in [6.07, 6.45) is 3.29. The van der Waals surface area contributed by atoms with E-state index in [1.165, 1.54) is 29.4 Å². The molecule has 0 fully saturated rings. The van der Waals surface area contributed by atoms with Gasteiger partial charge in [-0.3, -0.25) is 14.3 Å². The molecule has 2 rings (SSSR count). The van der Waals surface area contributed by atoms with Crippen molar-refractivity contribution < 1.29 is 9.63 Å². The molecule has 0 N–H and O–H groups in total. The van der Waals surface area contributed by atoms with Crippen LogP contribution in [0.5, 0.6) is 0 Å². The molecule has 1 heterocycles. The molecule has 5 heteroatoms. The Bertz CT molecular complexity index is 715. The molecule has 0 atom stereocenters. The van der Waals surface area contributed by atoms with Crippen molar-refractivity contribution in [3.05, 3.63) is 58.4 Å². The van der Waals surface area contributed by atoms with Crippen LogP contribution >= 0.6 is 0 Å². The standard InChI is InChI=1S/C18H23N3O2/c1-13-6-8-16(9-7-13)12-21-15(3)17(14(2)19-21)10-11-18(22)20(4)23-5/h6-11H,12H2,1-5H3/b11-10+. The van der Waals surface area contributed by atoms with E-state index in [1.54, 1.807) is 13.1 Å². The molecule has 1 amide bonds. The van der Waals surface area contributed by atoms with E-state index in [2.05, 4.69) is 36.3 Å². The molecular weight excluding hydrogens is 290 g/mol. The number of benzene rings is 1. The molecule has 5 nitrogen and oxygen atoms in total. The number of likely N-dealkylation sites (N-methyl/N-ethyl adjacent to an activating group) is 1. The maximum absolute atomic E-state index is 11.8. The van der Waals surface area contributed by atoms with Crippen LogP contribution in [0, 0.1) is 20.8 Å². The van der Waals surface area contributed by atoms with Gasteiger partial charge in [0.25, 0.3) is 5.91 Å². The van der Waals surface area contributed by atoms with Gasteiger partial charge in [-0.25, -0.2) is 5.06 Å². The van der Waals surface area contributed by atoms with Gasteiger partial charge >= 0.3 is 0 Å². The molecule has 1 aromatic carbocycles. The maximum Gasteiger partial charge on any atom is 0.269 e. The van der Waals surface area contributed by atoms with E-state index in [0.717, 1.165) is 17.0 Å². The first-order chi connectivity index (χ1) is 10.9. The third-order valence-corrected chi connectivity index (χ3v) is 3.87. The first-order valence-electron chi connectivity index (χ1n) is 7.51. The molecular formula is C18H23N3O2. The summed E-state index contributed by atoms with van der Waals surface area (Å²) < 4.78 is 1.96. The smallest absolute Gasteiger partial charge is 0.269 e. The highest BCUT2D eigenvalue weighted by atomic mass is 16.7. The third-order valence-electron chi connectivity index (χ3n) is 3.87. The highest BCUT2D eigenvalue weighted by molar-refractivity contribution is 5.91. The number of hydroxylamine groups is 2. The number of aryl methyl sites for hydroxylation is 2. The Labute approximate surface area is 137 Å². The van der Waals surface area contributed by atoms with E-state index >= 15 is 0 Å². The number of hydrogen-bond donors (Lipinski definition) is 0. The predicted molar refractivity (Wildman–Crippen MR) is 90.8 cm³/mol. The molecule has 2 aromatic rings. The highest BCUT2D eigenvalue weighted by Gasteiger charge is 2.10. The summed E-state index contributed by atoms with van der Waals surface area (Å²) in [7, 11) is 3.04. The second kappa shape index (κ2) is 7.24. The number of aromatic nitrogens is 2. The van der Waals surface area contributed by atoms with Crippen LogP contribution in [0.3, 0.4) is 0 Å². The van der Waals surface area contributed by atoms with Crippen LogP contribution < -0.4 is 0 Å². The molecule has 0 aliphatic carbocycles. The molecule has 0 spiro atoms. The minimum Gasteiger partial charge on any atom is -0.274 e. The van der Waals surface area contributed by atoms with Gasteiger partial charge in [-0.1, -0.05) is 29.8 Å². The largest absolute Gasteiger partial charge is 0.274 e. The van der Waals surface area contributed by atoms with Gasteiger partial charge in [0, 0.05) is 24.4 Å². The summed E-state index contributed by atoms with van der Waals surface area (Å²) >= 11 is 0. The number of amides is 1. The normalized spacial score (nSPS) is 11.2. The molecule has 23 heavy (non-hydrogen) atoms. The van der Waals surface area contributed by atoms with Crippen LogP contribution in [0.15, 0.2) is 30.3 Å². The average Bonchev–Trinajstić information content (AvgIpc) is 2.80. The van der Waals surface area contributed by atoms with Gasteiger partial charge in [-0.2, -0.15) is 5.10 Å². The number of carbonyl (C=O) groups is 1. The Morgan fingerprint density at radius 2 is 1.91 bits per heavy atom. The Kier molecular flexibility index (Phi) is 5.34. The van der Waals surface area contributed by atoms with Gasteiger partial charge < -0.3 is 0 Å². The summed E-state index contributed by atoms with van der Waals surface area (Å²) in [4.78, 5) is 16.7. The van der Waals surface area contributed by atoms with Gasteiger partial charge in [0.1, 0.15) is 0 Å². The molecule has 0 radical (unpaired) electrons. The second-order valence-electron chi connectivity index (χ2n) is 5.58. The van der Waals surface area contributed by atoms with Gasteiger partial charge in [0.2, 0.25) is 0 Å². The highest BCUT2D eigenvalue weighted by Crippen LogP contribution is 2.17. The van der Waals surface area contributed by atoms with E-state index in [0.29, 0.717) is 6.54 Å². The van der Waals surface area contributed by atoms with Crippen molar-refractivity contribution in [2.75, 3.05) is 14.2 Å². The lowest BCUT2D eigenvalue weighted by molar-refractivity contribution is -0.162. The first-order valence-corrected chi connectivity index (χ1v) is 7.51. The molecule has 0 unspecified atom stereocenters. The Hall–Kier alpha value is -2.40. The van der Waals surface area contributed by atoms with Crippen molar-refractivity contribution in [3.63, 3.8) is 0 Å². The van der Waals surface area contributed by atoms with Crippen molar-refractivity contribution in [1.82, 2.24) is 14.8 Å².